The van der Waals surface area contributed by atoms with E-state index in [9.17, 15) is 9.18 Å². The molecule has 2 unspecified atom stereocenters. The molecule has 0 spiro atoms. The Labute approximate surface area is 94.1 Å². The van der Waals surface area contributed by atoms with Crippen molar-refractivity contribution in [2.75, 3.05) is 0 Å². The molecule has 16 heavy (non-hydrogen) atoms. The first-order chi connectivity index (χ1) is 7.45. The van der Waals surface area contributed by atoms with E-state index in [4.69, 9.17) is 10.8 Å². The molecule has 3 N–H and O–H groups in total. The van der Waals surface area contributed by atoms with Crippen molar-refractivity contribution in [3.63, 3.8) is 0 Å². The highest BCUT2D eigenvalue weighted by molar-refractivity contribution is 5.71. The van der Waals surface area contributed by atoms with Crippen LogP contribution in [0.25, 0.3) is 0 Å². The van der Waals surface area contributed by atoms with Crippen LogP contribution in [0, 0.1) is 17.7 Å². The van der Waals surface area contributed by atoms with Crippen molar-refractivity contribution in [3.05, 3.63) is 35.6 Å². The third kappa shape index (κ3) is 2.58. The normalized spacial score (nSPS) is 14.8. The van der Waals surface area contributed by atoms with E-state index in [0.717, 1.165) is 0 Å². The summed E-state index contributed by atoms with van der Waals surface area (Å²) < 4.78 is 13.5. The molecule has 0 aliphatic rings. The summed E-state index contributed by atoms with van der Waals surface area (Å²) >= 11 is 0. The molecular weight excluding hydrogens is 209 g/mol. The highest BCUT2D eigenvalue weighted by Crippen LogP contribution is 2.27. The van der Waals surface area contributed by atoms with Crippen molar-refractivity contribution >= 4 is 5.97 Å². The maximum Gasteiger partial charge on any atom is 0.308 e. The van der Waals surface area contributed by atoms with Crippen LogP contribution in [0.1, 0.15) is 25.5 Å². The molecule has 0 amide bonds. The summed E-state index contributed by atoms with van der Waals surface area (Å²) in [6.45, 7) is 3.53. The number of carbonyl (C=O) groups is 1. The second-order valence-corrected chi connectivity index (χ2v) is 4.16. The largest absolute Gasteiger partial charge is 0.481 e. The number of carboxylic acids is 1. The second kappa shape index (κ2) is 5.07. The minimum absolute atomic E-state index is 0.146. The summed E-state index contributed by atoms with van der Waals surface area (Å²) in [7, 11) is 0. The topological polar surface area (TPSA) is 63.3 Å². The van der Waals surface area contributed by atoms with E-state index in [0.29, 0.717) is 0 Å². The van der Waals surface area contributed by atoms with Crippen molar-refractivity contribution in [2.24, 2.45) is 17.6 Å². The number of hydrogen-bond acceptors (Lipinski definition) is 2. The predicted octanol–water partition coefficient (Wildman–Crippen LogP) is 2.18. The Morgan fingerprint density at radius 2 is 1.94 bits per heavy atom. The van der Waals surface area contributed by atoms with E-state index in [1.165, 1.54) is 12.1 Å². The summed E-state index contributed by atoms with van der Waals surface area (Å²) in [4.78, 5) is 11.1. The van der Waals surface area contributed by atoms with Gasteiger partial charge in [0, 0.05) is 11.6 Å². The van der Waals surface area contributed by atoms with Gasteiger partial charge in [0.2, 0.25) is 0 Å². The first-order valence-corrected chi connectivity index (χ1v) is 5.18. The van der Waals surface area contributed by atoms with Crippen molar-refractivity contribution in [1.82, 2.24) is 0 Å². The number of halogens is 1. The zero-order valence-electron chi connectivity index (χ0n) is 9.35. The fourth-order valence-electron chi connectivity index (χ4n) is 1.79. The summed E-state index contributed by atoms with van der Waals surface area (Å²) in [6, 6.07) is 5.19. The Kier molecular flexibility index (Phi) is 4.01. The van der Waals surface area contributed by atoms with E-state index in [1.54, 1.807) is 26.0 Å². The highest BCUT2D eigenvalue weighted by Gasteiger charge is 2.30. The van der Waals surface area contributed by atoms with Crippen molar-refractivity contribution < 1.29 is 14.3 Å². The second-order valence-electron chi connectivity index (χ2n) is 4.16. The number of hydrogen-bond donors (Lipinski definition) is 2. The van der Waals surface area contributed by atoms with Gasteiger partial charge in [-0.2, -0.15) is 0 Å². The van der Waals surface area contributed by atoms with Gasteiger partial charge in [-0.05, 0) is 12.0 Å². The lowest BCUT2D eigenvalue weighted by atomic mass is 9.85. The lowest BCUT2D eigenvalue weighted by molar-refractivity contribution is -0.144. The fraction of sp³-hybridized carbons (Fsp3) is 0.417. The van der Waals surface area contributed by atoms with Crippen LogP contribution in [0.5, 0.6) is 0 Å². The molecule has 0 aromatic heterocycles. The summed E-state index contributed by atoms with van der Waals surface area (Å²) in [5.41, 5.74) is 6.07. The van der Waals surface area contributed by atoms with Gasteiger partial charge in [-0.1, -0.05) is 32.0 Å². The van der Waals surface area contributed by atoms with Gasteiger partial charge in [0.15, 0.2) is 0 Å². The van der Waals surface area contributed by atoms with Crippen LogP contribution in [0.4, 0.5) is 4.39 Å². The van der Waals surface area contributed by atoms with Crippen molar-refractivity contribution in [1.29, 1.82) is 0 Å². The van der Waals surface area contributed by atoms with Crippen LogP contribution >= 0.6 is 0 Å². The smallest absolute Gasteiger partial charge is 0.308 e. The van der Waals surface area contributed by atoms with Crippen LogP contribution < -0.4 is 5.73 Å². The third-order valence-electron chi connectivity index (χ3n) is 2.65. The highest BCUT2D eigenvalue weighted by atomic mass is 19.1. The molecule has 0 radical (unpaired) electrons. The van der Waals surface area contributed by atoms with E-state index in [2.05, 4.69) is 0 Å². The fourth-order valence-corrected chi connectivity index (χ4v) is 1.79. The molecule has 88 valence electrons. The molecule has 0 bridgehead atoms. The minimum Gasteiger partial charge on any atom is -0.481 e. The average Bonchev–Trinajstić information content (AvgIpc) is 2.16. The Hall–Kier alpha value is -1.42. The Bertz CT molecular complexity index is 379. The van der Waals surface area contributed by atoms with Crippen LogP contribution in [-0.2, 0) is 4.79 Å². The molecule has 0 aliphatic carbocycles. The summed E-state index contributed by atoms with van der Waals surface area (Å²) in [5.74, 6) is -2.38. The van der Waals surface area contributed by atoms with Crippen molar-refractivity contribution in [3.8, 4) is 0 Å². The minimum atomic E-state index is -0.995. The lowest BCUT2D eigenvalue weighted by Gasteiger charge is -2.23. The SMILES string of the molecule is CC(C)C(C(=O)O)C(N)c1ccccc1F. The van der Waals surface area contributed by atoms with Crippen molar-refractivity contribution in [2.45, 2.75) is 19.9 Å². The molecule has 1 aromatic rings. The molecule has 0 heterocycles. The lowest BCUT2D eigenvalue weighted by Crippen LogP contribution is -2.32. The summed E-state index contributed by atoms with van der Waals surface area (Å²) in [5, 5.41) is 9.06. The number of benzene rings is 1. The van der Waals surface area contributed by atoms with Gasteiger partial charge in [-0.25, -0.2) is 4.39 Å². The molecule has 1 aromatic carbocycles. The molecular formula is C12H16FNO2. The predicted molar refractivity (Wildman–Crippen MR) is 59.3 cm³/mol. The first-order valence-electron chi connectivity index (χ1n) is 5.18. The van der Waals surface area contributed by atoms with Crippen LogP contribution in [0.15, 0.2) is 24.3 Å². The molecule has 2 atom stereocenters. The Morgan fingerprint density at radius 3 is 2.38 bits per heavy atom. The van der Waals surface area contributed by atoms with Gasteiger partial charge in [-0.3, -0.25) is 4.79 Å². The zero-order valence-corrected chi connectivity index (χ0v) is 9.35. The van der Waals surface area contributed by atoms with Gasteiger partial charge in [0.05, 0.1) is 5.92 Å². The van der Waals surface area contributed by atoms with E-state index < -0.39 is 23.7 Å². The monoisotopic (exact) mass is 225 g/mol. The average molecular weight is 225 g/mol. The standard InChI is InChI=1S/C12H16FNO2/c1-7(2)10(12(15)16)11(14)8-5-3-4-6-9(8)13/h3-7,10-11H,14H2,1-2H3,(H,15,16). The van der Waals surface area contributed by atoms with E-state index in [1.807, 2.05) is 0 Å². The van der Waals surface area contributed by atoms with Gasteiger partial charge < -0.3 is 10.8 Å². The van der Waals surface area contributed by atoms with Gasteiger partial charge in [0.1, 0.15) is 5.82 Å². The first kappa shape index (κ1) is 12.6. The molecule has 4 heteroatoms. The van der Waals surface area contributed by atoms with Crippen LogP contribution in [-0.4, -0.2) is 11.1 Å². The quantitative estimate of drug-likeness (QED) is 0.825. The maximum absolute atomic E-state index is 13.5. The van der Waals surface area contributed by atoms with Crippen LogP contribution in [0.2, 0.25) is 0 Å². The van der Waals surface area contributed by atoms with Gasteiger partial charge >= 0.3 is 5.97 Å². The molecule has 0 saturated heterocycles. The number of nitrogens with two attached hydrogens (primary N) is 1. The van der Waals surface area contributed by atoms with Crippen LogP contribution in [0.3, 0.4) is 0 Å². The van der Waals surface area contributed by atoms with E-state index >= 15 is 0 Å². The van der Waals surface area contributed by atoms with Gasteiger partial charge in [0.25, 0.3) is 0 Å². The molecule has 0 fully saturated rings. The molecule has 0 saturated carbocycles. The summed E-state index contributed by atoms with van der Waals surface area (Å²) in [6.07, 6.45) is 0. The molecule has 3 nitrogen and oxygen atoms in total. The maximum atomic E-state index is 13.5. The molecule has 0 aliphatic heterocycles. The number of carboxylic acid groups (broad SMARTS) is 1. The third-order valence-corrected chi connectivity index (χ3v) is 2.65. The Balaban J connectivity index is 3.04. The number of rotatable bonds is 4. The Morgan fingerprint density at radius 1 is 1.38 bits per heavy atom. The van der Waals surface area contributed by atoms with E-state index in [-0.39, 0.29) is 11.5 Å². The number of aliphatic carboxylic acids is 1. The zero-order chi connectivity index (χ0) is 12.3. The molecule has 1 rings (SSSR count). The van der Waals surface area contributed by atoms with Gasteiger partial charge in [-0.15, -0.1) is 0 Å².